The minimum Gasteiger partial charge on any atom is -0.447 e. The summed E-state index contributed by atoms with van der Waals surface area (Å²) in [5.74, 6) is 0. The molecule has 0 aromatic carbocycles. The summed E-state index contributed by atoms with van der Waals surface area (Å²) in [6, 6.07) is 0. The molecular formula is C5H11N2O2. The van der Waals surface area contributed by atoms with Crippen molar-refractivity contribution in [2.75, 3.05) is 27.2 Å². The Morgan fingerprint density at radius 1 is 1.67 bits per heavy atom. The summed E-state index contributed by atoms with van der Waals surface area (Å²) in [5.41, 5.74) is 6.34. The largest absolute Gasteiger partial charge is 0.447 e. The molecule has 0 aliphatic rings. The van der Waals surface area contributed by atoms with Crippen molar-refractivity contribution in [2.45, 2.75) is 0 Å². The molecule has 0 fully saturated rings. The van der Waals surface area contributed by atoms with E-state index in [1.807, 2.05) is 19.0 Å². The van der Waals surface area contributed by atoms with Gasteiger partial charge in [0.1, 0.15) is 6.61 Å². The van der Waals surface area contributed by atoms with Crippen LogP contribution in [0.1, 0.15) is 0 Å². The van der Waals surface area contributed by atoms with Crippen molar-refractivity contribution in [3.05, 3.63) is 0 Å². The van der Waals surface area contributed by atoms with Crippen molar-refractivity contribution in [2.24, 2.45) is 0 Å². The predicted octanol–water partition coefficient (Wildman–Crippen LogP) is -0.0325. The highest BCUT2D eigenvalue weighted by atomic mass is 16.5. The SMILES string of the molecule is CN(C)CCOC([NH])=O. The molecule has 0 aromatic rings. The summed E-state index contributed by atoms with van der Waals surface area (Å²) >= 11 is 0. The number of carbonyl (C=O) groups is 1. The summed E-state index contributed by atoms with van der Waals surface area (Å²) in [6.45, 7) is 0.972. The maximum absolute atomic E-state index is 9.85. The average molecular weight is 131 g/mol. The molecule has 1 amide bonds. The van der Waals surface area contributed by atoms with Crippen LogP contribution < -0.4 is 5.73 Å². The highest BCUT2D eigenvalue weighted by Gasteiger charge is 1.93. The first-order valence-corrected chi connectivity index (χ1v) is 2.66. The Labute approximate surface area is 54.6 Å². The lowest BCUT2D eigenvalue weighted by Crippen LogP contribution is -2.19. The maximum atomic E-state index is 9.85. The van der Waals surface area contributed by atoms with E-state index in [4.69, 9.17) is 5.73 Å². The zero-order chi connectivity index (χ0) is 7.28. The van der Waals surface area contributed by atoms with E-state index in [0.717, 1.165) is 0 Å². The standard InChI is InChI=1S/C5H11N2O2/c1-7(2)3-4-9-5(6)8/h6H,3-4H2,1-2H3. The van der Waals surface area contributed by atoms with Gasteiger partial charge in [0.25, 0.3) is 0 Å². The van der Waals surface area contributed by atoms with Crippen molar-refractivity contribution >= 4 is 6.09 Å². The number of likely N-dealkylation sites (N-methyl/N-ethyl adjacent to an activating group) is 1. The molecule has 4 nitrogen and oxygen atoms in total. The topological polar surface area (TPSA) is 53.3 Å². The second kappa shape index (κ2) is 4.14. The van der Waals surface area contributed by atoms with E-state index in [-0.39, 0.29) is 0 Å². The third kappa shape index (κ3) is 7.23. The molecule has 0 atom stereocenters. The van der Waals surface area contributed by atoms with E-state index < -0.39 is 6.09 Å². The van der Waals surface area contributed by atoms with Crippen molar-refractivity contribution in [3.63, 3.8) is 0 Å². The Balaban J connectivity index is 3.01. The van der Waals surface area contributed by atoms with Gasteiger partial charge >= 0.3 is 6.09 Å². The number of carbonyl (C=O) groups excluding carboxylic acids is 1. The molecule has 0 bridgehead atoms. The third-order valence-corrected chi connectivity index (χ3v) is 0.772. The van der Waals surface area contributed by atoms with Gasteiger partial charge in [0.2, 0.25) is 0 Å². The summed E-state index contributed by atoms with van der Waals surface area (Å²) in [6.07, 6.45) is -0.961. The molecule has 1 N–H and O–H groups in total. The smallest absolute Gasteiger partial charge is 0.426 e. The number of ether oxygens (including phenoxy) is 1. The number of nitrogens with zero attached hydrogens (tertiary/aromatic N) is 1. The first kappa shape index (κ1) is 8.23. The van der Waals surface area contributed by atoms with Crippen LogP contribution in [0.4, 0.5) is 4.79 Å². The van der Waals surface area contributed by atoms with Gasteiger partial charge in [-0.15, -0.1) is 0 Å². The van der Waals surface area contributed by atoms with Crippen LogP contribution in [-0.4, -0.2) is 38.2 Å². The van der Waals surface area contributed by atoms with E-state index in [0.29, 0.717) is 13.2 Å². The zero-order valence-corrected chi connectivity index (χ0v) is 5.68. The molecule has 0 aliphatic carbocycles. The van der Waals surface area contributed by atoms with Crippen LogP contribution in [0.15, 0.2) is 0 Å². The van der Waals surface area contributed by atoms with Crippen LogP contribution in [0.25, 0.3) is 0 Å². The van der Waals surface area contributed by atoms with Gasteiger partial charge in [-0.3, -0.25) is 0 Å². The molecule has 0 aromatic heterocycles. The first-order chi connectivity index (χ1) is 4.13. The van der Waals surface area contributed by atoms with Gasteiger partial charge in [0.15, 0.2) is 0 Å². The molecule has 0 unspecified atom stereocenters. The molecule has 1 radical (unpaired) electrons. The van der Waals surface area contributed by atoms with Gasteiger partial charge in [-0.2, -0.15) is 0 Å². The van der Waals surface area contributed by atoms with E-state index in [1.54, 1.807) is 0 Å². The minimum atomic E-state index is -0.961. The molecular weight excluding hydrogens is 120 g/mol. The predicted molar refractivity (Wildman–Crippen MR) is 33.0 cm³/mol. The highest BCUT2D eigenvalue weighted by Crippen LogP contribution is 1.77. The second-order valence-electron chi connectivity index (χ2n) is 1.94. The molecule has 0 saturated heterocycles. The fraction of sp³-hybridized carbons (Fsp3) is 0.800. The van der Waals surface area contributed by atoms with Gasteiger partial charge in [0.05, 0.1) is 0 Å². The number of hydrogen-bond acceptors (Lipinski definition) is 3. The van der Waals surface area contributed by atoms with Crippen LogP contribution in [0.3, 0.4) is 0 Å². The van der Waals surface area contributed by atoms with Crippen LogP contribution >= 0.6 is 0 Å². The highest BCUT2D eigenvalue weighted by molar-refractivity contribution is 5.63. The summed E-state index contributed by atoms with van der Waals surface area (Å²) in [5, 5.41) is 0. The molecule has 0 heterocycles. The van der Waals surface area contributed by atoms with Gasteiger partial charge in [-0.1, -0.05) is 0 Å². The second-order valence-corrected chi connectivity index (χ2v) is 1.94. The lowest BCUT2D eigenvalue weighted by Gasteiger charge is -2.07. The van der Waals surface area contributed by atoms with Crippen LogP contribution in [-0.2, 0) is 4.74 Å². The van der Waals surface area contributed by atoms with Crippen molar-refractivity contribution in [1.29, 1.82) is 0 Å². The molecule has 0 spiro atoms. The van der Waals surface area contributed by atoms with Gasteiger partial charge in [0, 0.05) is 6.54 Å². The summed E-state index contributed by atoms with van der Waals surface area (Å²) < 4.78 is 4.34. The number of amides is 1. The van der Waals surface area contributed by atoms with Crippen molar-refractivity contribution < 1.29 is 9.53 Å². The van der Waals surface area contributed by atoms with Crippen LogP contribution in [0, 0.1) is 0 Å². The van der Waals surface area contributed by atoms with E-state index in [9.17, 15) is 4.79 Å². The Morgan fingerprint density at radius 3 is 2.56 bits per heavy atom. The summed E-state index contributed by atoms with van der Waals surface area (Å²) in [7, 11) is 3.75. The summed E-state index contributed by atoms with van der Waals surface area (Å²) in [4.78, 5) is 11.7. The fourth-order valence-electron chi connectivity index (χ4n) is 0.321. The number of rotatable bonds is 3. The quantitative estimate of drug-likeness (QED) is 0.540. The molecule has 4 heteroatoms. The normalized spacial score (nSPS) is 9.67. The zero-order valence-electron chi connectivity index (χ0n) is 5.68. The van der Waals surface area contributed by atoms with Crippen LogP contribution in [0.2, 0.25) is 0 Å². The molecule has 0 rings (SSSR count). The average Bonchev–Trinajstić information content (AvgIpc) is 1.63. The Kier molecular flexibility index (Phi) is 3.79. The molecule has 53 valence electrons. The molecule has 9 heavy (non-hydrogen) atoms. The minimum absolute atomic E-state index is 0.301. The maximum Gasteiger partial charge on any atom is 0.426 e. The lowest BCUT2D eigenvalue weighted by atomic mass is 10.6. The Bertz CT molecular complexity index is 93.0. The lowest BCUT2D eigenvalue weighted by molar-refractivity contribution is 0.145. The van der Waals surface area contributed by atoms with Crippen molar-refractivity contribution in [1.82, 2.24) is 10.6 Å². The monoisotopic (exact) mass is 131 g/mol. The van der Waals surface area contributed by atoms with Gasteiger partial charge < -0.3 is 9.64 Å². The first-order valence-electron chi connectivity index (χ1n) is 2.66. The third-order valence-electron chi connectivity index (χ3n) is 0.772. The van der Waals surface area contributed by atoms with Gasteiger partial charge in [-0.05, 0) is 14.1 Å². The number of nitrogens with one attached hydrogen (secondary N) is 1. The molecule has 0 saturated carbocycles. The Hall–Kier alpha value is -0.770. The van der Waals surface area contributed by atoms with Crippen molar-refractivity contribution in [3.8, 4) is 0 Å². The van der Waals surface area contributed by atoms with E-state index >= 15 is 0 Å². The van der Waals surface area contributed by atoms with E-state index in [1.165, 1.54) is 0 Å². The molecule has 0 aliphatic heterocycles. The Morgan fingerprint density at radius 2 is 2.22 bits per heavy atom. The number of hydrogen-bond donors (Lipinski definition) is 0. The van der Waals surface area contributed by atoms with Gasteiger partial charge in [-0.25, -0.2) is 10.5 Å². The van der Waals surface area contributed by atoms with Crippen LogP contribution in [0.5, 0.6) is 0 Å². The fourth-order valence-corrected chi connectivity index (χ4v) is 0.321. The van der Waals surface area contributed by atoms with E-state index in [2.05, 4.69) is 4.74 Å².